The van der Waals surface area contributed by atoms with Crippen LogP contribution in [0, 0.1) is 17.0 Å². The van der Waals surface area contributed by atoms with E-state index >= 15 is 0 Å². The molecule has 0 fully saturated rings. The summed E-state index contributed by atoms with van der Waals surface area (Å²) in [7, 11) is 0. The molecule has 0 saturated carbocycles. The van der Waals surface area contributed by atoms with Gasteiger partial charge in [0.05, 0.1) is 6.61 Å². The number of aryl methyl sites for hydroxylation is 1. The Morgan fingerprint density at radius 1 is 1.60 bits per heavy atom. The lowest BCUT2D eigenvalue weighted by atomic mass is 10.5. The molecular formula is C9H15N3O3. The average Bonchev–Trinajstić information content (AvgIpc) is 2.55. The van der Waals surface area contributed by atoms with Gasteiger partial charge in [0, 0.05) is 13.5 Å². The van der Waals surface area contributed by atoms with Crippen molar-refractivity contribution in [2.45, 2.75) is 26.8 Å². The summed E-state index contributed by atoms with van der Waals surface area (Å²) in [5.41, 5.74) is 0. The van der Waals surface area contributed by atoms with Crippen molar-refractivity contribution < 1.29 is 9.66 Å². The van der Waals surface area contributed by atoms with Crippen LogP contribution in [-0.2, 0) is 11.3 Å². The lowest BCUT2D eigenvalue weighted by molar-refractivity contribution is -0.392. The molecule has 0 aliphatic heterocycles. The van der Waals surface area contributed by atoms with Gasteiger partial charge < -0.3 is 14.9 Å². The second kappa shape index (κ2) is 5.45. The third kappa shape index (κ3) is 3.02. The van der Waals surface area contributed by atoms with Gasteiger partial charge >= 0.3 is 5.82 Å². The Labute approximate surface area is 88.0 Å². The van der Waals surface area contributed by atoms with E-state index in [9.17, 15) is 10.1 Å². The Bertz CT molecular complexity index is 335. The molecule has 0 aliphatic rings. The Balaban J connectivity index is 2.58. The fourth-order valence-corrected chi connectivity index (χ4v) is 1.28. The van der Waals surface area contributed by atoms with Crippen molar-refractivity contribution in [3.8, 4) is 0 Å². The molecule has 0 aromatic carbocycles. The van der Waals surface area contributed by atoms with Crippen LogP contribution in [0.4, 0.5) is 5.82 Å². The predicted octanol–water partition coefficient (Wildman–Crippen LogP) is 1.53. The topological polar surface area (TPSA) is 70.2 Å². The summed E-state index contributed by atoms with van der Waals surface area (Å²) >= 11 is 0. The number of hydrogen-bond acceptors (Lipinski definition) is 4. The molecule has 15 heavy (non-hydrogen) atoms. The third-order valence-corrected chi connectivity index (χ3v) is 2.03. The molecule has 1 aromatic rings. The van der Waals surface area contributed by atoms with E-state index in [1.54, 1.807) is 11.5 Å². The minimum absolute atomic E-state index is 0.0209. The lowest BCUT2D eigenvalue weighted by Gasteiger charge is -2.03. The van der Waals surface area contributed by atoms with Crippen LogP contribution in [-0.4, -0.2) is 27.7 Å². The molecule has 0 unspecified atom stereocenters. The number of ether oxygens (including phenoxy) is 1. The molecule has 0 bridgehead atoms. The van der Waals surface area contributed by atoms with Crippen molar-refractivity contribution in [1.29, 1.82) is 0 Å². The zero-order valence-corrected chi connectivity index (χ0v) is 8.97. The first kappa shape index (κ1) is 11.6. The van der Waals surface area contributed by atoms with Gasteiger partial charge in [-0.25, -0.2) is 9.55 Å². The monoisotopic (exact) mass is 213 g/mol. The van der Waals surface area contributed by atoms with Crippen molar-refractivity contribution in [2.24, 2.45) is 0 Å². The first-order chi connectivity index (χ1) is 7.16. The van der Waals surface area contributed by atoms with Crippen molar-refractivity contribution in [2.75, 3.05) is 13.2 Å². The van der Waals surface area contributed by atoms with Crippen LogP contribution >= 0.6 is 0 Å². The Morgan fingerprint density at radius 2 is 2.33 bits per heavy atom. The van der Waals surface area contributed by atoms with E-state index in [1.807, 2.05) is 6.92 Å². The molecular weight excluding hydrogens is 198 g/mol. The quantitative estimate of drug-likeness (QED) is 0.408. The summed E-state index contributed by atoms with van der Waals surface area (Å²) in [4.78, 5) is 14.1. The van der Waals surface area contributed by atoms with Gasteiger partial charge in [0.25, 0.3) is 0 Å². The minimum atomic E-state index is -0.431. The van der Waals surface area contributed by atoms with Crippen LogP contribution in [0.3, 0.4) is 0 Å². The molecule has 0 radical (unpaired) electrons. The largest absolute Gasteiger partial charge is 0.377 e. The van der Waals surface area contributed by atoms with Gasteiger partial charge in [-0.2, -0.15) is 0 Å². The van der Waals surface area contributed by atoms with Crippen LogP contribution < -0.4 is 0 Å². The lowest BCUT2D eigenvalue weighted by Crippen LogP contribution is -2.10. The standard InChI is InChI=1S/C9H15N3O3/c1-3-5-15-6-4-11-8(2)10-7-9(11)12(13)14/h7H,3-6H2,1-2H3. The third-order valence-electron chi connectivity index (χ3n) is 2.03. The molecule has 0 amide bonds. The van der Waals surface area contributed by atoms with Crippen LogP contribution in [0.2, 0.25) is 0 Å². The van der Waals surface area contributed by atoms with E-state index in [2.05, 4.69) is 4.98 Å². The van der Waals surface area contributed by atoms with Gasteiger partial charge in [0.1, 0.15) is 12.7 Å². The van der Waals surface area contributed by atoms with Crippen molar-refractivity contribution in [3.05, 3.63) is 22.1 Å². The van der Waals surface area contributed by atoms with Crippen LogP contribution in [0.1, 0.15) is 19.2 Å². The second-order valence-electron chi connectivity index (χ2n) is 3.18. The van der Waals surface area contributed by atoms with Gasteiger partial charge in [0.15, 0.2) is 5.82 Å². The number of aromatic nitrogens is 2. The van der Waals surface area contributed by atoms with Crippen molar-refractivity contribution in [1.82, 2.24) is 9.55 Å². The van der Waals surface area contributed by atoms with E-state index in [-0.39, 0.29) is 5.82 Å². The van der Waals surface area contributed by atoms with Crippen LogP contribution in [0.25, 0.3) is 0 Å². The van der Waals surface area contributed by atoms with Crippen LogP contribution in [0.5, 0.6) is 0 Å². The maximum absolute atomic E-state index is 10.6. The number of rotatable bonds is 6. The van der Waals surface area contributed by atoms with Crippen molar-refractivity contribution in [3.63, 3.8) is 0 Å². The van der Waals surface area contributed by atoms with E-state index in [4.69, 9.17) is 4.74 Å². The molecule has 6 heteroatoms. The fourth-order valence-electron chi connectivity index (χ4n) is 1.28. The highest BCUT2D eigenvalue weighted by Crippen LogP contribution is 2.12. The number of hydrogen-bond donors (Lipinski definition) is 0. The first-order valence-corrected chi connectivity index (χ1v) is 4.91. The molecule has 1 aromatic heterocycles. The normalized spacial score (nSPS) is 10.5. The minimum Gasteiger partial charge on any atom is -0.377 e. The van der Waals surface area contributed by atoms with Gasteiger partial charge in [-0.3, -0.25) is 0 Å². The predicted molar refractivity (Wildman–Crippen MR) is 54.7 cm³/mol. The molecule has 84 valence electrons. The van der Waals surface area contributed by atoms with Crippen molar-refractivity contribution >= 4 is 5.82 Å². The molecule has 0 aliphatic carbocycles. The summed E-state index contributed by atoms with van der Waals surface area (Å²) in [5.74, 6) is 0.661. The zero-order chi connectivity index (χ0) is 11.3. The van der Waals surface area contributed by atoms with E-state index in [0.29, 0.717) is 25.6 Å². The molecule has 1 rings (SSSR count). The average molecular weight is 213 g/mol. The van der Waals surface area contributed by atoms with E-state index in [0.717, 1.165) is 6.42 Å². The highest BCUT2D eigenvalue weighted by molar-refractivity contribution is 5.18. The highest BCUT2D eigenvalue weighted by Gasteiger charge is 2.16. The van der Waals surface area contributed by atoms with E-state index < -0.39 is 4.92 Å². The van der Waals surface area contributed by atoms with Gasteiger partial charge in [-0.1, -0.05) is 6.92 Å². The number of nitro groups is 1. The summed E-state index contributed by atoms with van der Waals surface area (Å²) in [6.07, 6.45) is 2.22. The summed E-state index contributed by atoms with van der Waals surface area (Å²) in [6.45, 7) is 5.40. The number of imidazole rings is 1. The summed E-state index contributed by atoms with van der Waals surface area (Å²) < 4.78 is 6.83. The SMILES string of the molecule is CCCOCCn1c([N+](=O)[O-])cnc1C. The first-order valence-electron chi connectivity index (χ1n) is 4.91. The maximum Gasteiger partial charge on any atom is 0.342 e. The smallest absolute Gasteiger partial charge is 0.342 e. The Kier molecular flexibility index (Phi) is 4.23. The molecule has 0 saturated heterocycles. The van der Waals surface area contributed by atoms with Gasteiger partial charge in [-0.15, -0.1) is 0 Å². The summed E-state index contributed by atoms with van der Waals surface area (Å²) in [5, 5.41) is 10.6. The Hall–Kier alpha value is -1.43. The summed E-state index contributed by atoms with van der Waals surface area (Å²) in [6, 6.07) is 0. The van der Waals surface area contributed by atoms with Gasteiger partial charge in [-0.05, 0) is 11.3 Å². The van der Waals surface area contributed by atoms with E-state index in [1.165, 1.54) is 6.20 Å². The molecule has 0 N–H and O–H groups in total. The zero-order valence-electron chi connectivity index (χ0n) is 8.97. The molecule has 0 atom stereocenters. The Morgan fingerprint density at radius 3 is 2.93 bits per heavy atom. The van der Waals surface area contributed by atoms with Crippen LogP contribution in [0.15, 0.2) is 6.20 Å². The number of nitrogens with zero attached hydrogens (tertiary/aromatic N) is 3. The second-order valence-corrected chi connectivity index (χ2v) is 3.18. The molecule has 0 spiro atoms. The maximum atomic E-state index is 10.6. The molecule has 6 nitrogen and oxygen atoms in total. The van der Waals surface area contributed by atoms with Gasteiger partial charge in [0.2, 0.25) is 0 Å². The molecule has 1 heterocycles. The fraction of sp³-hybridized carbons (Fsp3) is 0.667. The highest BCUT2D eigenvalue weighted by atomic mass is 16.6.